The fourth-order valence-corrected chi connectivity index (χ4v) is 6.86. The molecule has 0 aromatic heterocycles. The average Bonchev–Trinajstić information content (AvgIpc) is 3.47. The zero-order valence-electron chi connectivity index (χ0n) is 22.3. The summed E-state index contributed by atoms with van der Waals surface area (Å²) >= 11 is 12.7. The van der Waals surface area contributed by atoms with Crippen LogP contribution in [0.15, 0.2) is 83.8 Å². The van der Waals surface area contributed by atoms with Crippen LogP contribution in [0.1, 0.15) is 44.6 Å². The number of anilines is 1. The van der Waals surface area contributed by atoms with Gasteiger partial charge in [-0.2, -0.15) is 0 Å². The van der Waals surface area contributed by atoms with Gasteiger partial charge in [0.2, 0.25) is 11.8 Å². The minimum Gasteiger partial charge on any atom is -0.352 e. The molecule has 0 aliphatic heterocycles. The van der Waals surface area contributed by atoms with Crippen molar-refractivity contribution in [3.63, 3.8) is 0 Å². The Labute approximate surface area is 246 Å². The summed E-state index contributed by atoms with van der Waals surface area (Å²) in [5.41, 5.74) is 0.899. The Kier molecular flexibility index (Phi) is 10.1. The summed E-state index contributed by atoms with van der Waals surface area (Å²) in [6.07, 6.45) is 4.29. The fourth-order valence-electron chi connectivity index (χ4n) is 4.98. The predicted octanol–water partition coefficient (Wildman–Crippen LogP) is 6.05. The minimum absolute atomic E-state index is 0.000491. The number of rotatable bonds is 11. The smallest absolute Gasteiger partial charge is 0.264 e. The maximum Gasteiger partial charge on any atom is 0.264 e. The molecule has 4 rings (SSSR count). The Morgan fingerprint density at radius 1 is 0.950 bits per heavy atom. The van der Waals surface area contributed by atoms with Crippen molar-refractivity contribution in [1.82, 2.24) is 10.2 Å². The number of benzene rings is 3. The van der Waals surface area contributed by atoms with Gasteiger partial charge in [0.1, 0.15) is 12.6 Å². The predicted molar refractivity (Wildman–Crippen MR) is 159 cm³/mol. The highest BCUT2D eigenvalue weighted by Crippen LogP contribution is 2.33. The van der Waals surface area contributed by atoms with Gasteiger partial charge in [0, 0.05) is 17.6 Å². The van der Waals surface area contributed by atoms with Crippen LogP contribution < -0.4 is 9.62 Å². The molecule has 1 N–H and O–H groups in total. The van der Waals surface area contributed by atoms with Crippen molar-refractivity contribution in [2.45, 2.75) is 62.6 Å². The molecule has 40 heavy (non-hydrogen) atoms. The number of halogens is 2. The van der Waals surface area contributed by atoms with E-state index < -0.39 is 28.5 Å². The number of carbonyl (C=O) groups excluding carboxylic acids is 2. The molecule has 1 saturated carbocycles. The second-order valence-electron chi connectivity index (χ2n) is 9.84. The van der Waals surface area contributed by atoms with Gasteiger partial charge in [-0.3, -0.25) is 13.9 Å². The summed E-state index contributed by atoms with van der Waals surface area (Å²) in [5, 5.41) is 3.50. The van der Waals surface area contributed by atoms with E-state index in [1.807, 2.05) is 37.3 Å². The molecule has 1 atom stereocenters. The molecule has 0 saturated heterocycles. The lowest BCUT2D eigenvalue weighted by Gasteiger charge is -2.34. The number of nitrogens with one attached hydrogen (secondary N) is 1. The molecule has 0 heterocycles. The summed E-state index contributed by atoms with van der Waals surface area (Å²) in [6, 6.07) is 20.9. The lowest BCUT2D eigenvalue weighted by Crippen LogP contribution is -2.53. The zero-order chi connectivity index (χ0) is 28.7. The molecule has 7 nitrogen and oxygen atoms in total. The number of sulfonamides is 1. The molecule has 2 amide bonds. The number of hydrogen-bond donors (Lipinski definition) is 1. The van der Waals surface area contributed by atoms with Crippen LogP contribution in [0.4, 0.5) is 5.69 Å². The minimum atomic E-state index is -4.22. The van der Waals surface area contributed by atoms with Gasteiger partial charge in [-0.1, -0.05) is 91.5 Å². The molecule has 212 valence electrons. The van der Waals surface area contributed by atoms with Crippen LogP contribution in [-0.4, -0.2) is 43.8 Å². The third-order valence-corrected chi connectivity index (χ3v) is 9.40. The molecular weight excluding hydrogens is 569 g/mol. The number of hydrogen-bond acceptors (Lipinski definition) is 4. The normalized spacial score (nSPS) is 14.5. The first-order valence-corrected chi connectivity index (χ1v) is 15.6. The monoisotopic (exact) mass is 601 g/mol. The standard InChI is InChI=1S/C30H33Cl2N3O4S/c1-2-27(30(37)33-24-13-9-10-14-24)34(20-22-11-5-3-6-12-22)29(36)21-35(28-19-23(31)17-18-26(28)32)40(38,39)25-15-7-4-8-16-25/h3-8,11-12,15-19,24,27H,2,9-10,13-14,20-21H2,1H3,(H,33,37). The molecule has 3 aromatic rings. The van der Waals surface area contributed by atoms with Crippen molar-refractivity contribution in [2.24, 2.45) is 0 Å². The van der Waals surface area contributed by atoms with Crippen LogP contribution in [0.5, 0.6) is 0 Å². The van der Waals surface area contributed by atoms with E-state index in [-0.39, 0.29) is 39.1 Å². The summed E-state index contributed by atoms with van der Waals surface area (Å²) < 4.78 is 28.8. The number of amides is 2. The third kappa shape index (κ3) is 7.16. The Morgan fingerprint density at radius 3 is 2.20 bits per heavy atom. The van der Waals surface area contributed by atoms with Crippen LogP contribution in [0.25, 0.3) is 0 Å². The van der Waals surface area contributed by atoms with Gasteiger partial charge in [0.15, 0.2) is 0 Å². The van der Waals surface area contributed by atoms with E-state index in [9.17, 15) is 18.0 Å². The van der Waals surface area contributed by atoms with E-state index in [0.717, 1.165) is 35.6 Å². The van der Waals surface area contributed by atoms with Gasteiger partial charge < -0.3 is 10.2 Å². The highest BCUT2D eigenvalue weighted by Gasteiger charge is 2.35. The van der Waals surface area contributed by atoms with Crippen LogP contribution in [0.2, 0.25) is 10.0 Å². The van der Waals surface area contributed by atoms with Gasteiger partial charge in [0.05, 0.1) is 15.6 Å². The quantitative estimate of drug-likeness (QED) is 0.289. The van der Waals surface area contributed by atoms with Gasteiger partial charge in [0.25, 0.3) is 10.0 Å². The first-order chi connectivity index (χ1) is 19.2. The van der Waals surface area contributed by atoms with Crippen molar-refractivity contribution < 1.29 is 18.0 Å². The van der Waals surface area contributed by atoms with E-state index in [2.05, 4.69) is 5.32 Å². The first-order valence-electron chi connectivity index (χ1n) is 13.4. The Morgan fingerprint density at radius 2 is 1.57 bits per heavy atom. The third-order valence-electron chi connectivity index (χ3n) is 7.07. The molecule has 1 fully saturated rings. The number of nitrogens with zero attached hydrogens (tertiary/aromatic N) is 2. The van der Waals surface area contributed by atoms with Crippen LogP contribution in [0.3, 0.4) is 0 Å². The summed E-state index contributed by atoms with van der Waals surface area (Å²) in [7, 11) is -4.22. The Hall–Kier alpha value is -3.07. The van der Waals surface area contributed by atoms with Gasteiger partial charge in [-0.15, -0.1) is 0 Å². The highest BCUT2D eigenvalue weighted by atomic mass is 35.5. The molecule has 10 heteroatoms. The fraction of sp³-hybridized carbons (Fsp3) is 0.333. The molecule has 1 unspecified atom stereocenters. The van der Waals surface area contributed by atoms with Crippen LogP contribution in [-0.2, 0) is 26.2 Å². The summed E-state index contributed by atoms with van der Waals surface area (Å²) in [4.78, 5) is 29.0. The molecule has 1 aliphatic carbocycles. The zero-order valence-corrected chi connectivity index (χ0v) is 24.6. The number of carbonyl (C=O) groups is 2. The maximum absolute atomic E-state index is 14.1. The Bertz CT molecular complexity index is 1420. The van der Waals surface area contributed by atoms with Crippen molar-refractivity contribution >= 4 is 50.7 Å². The average molecular weight is 603 g/mol. The SMILES string of the molecule is CCC(C(=O)NC1CCCC1)N(Cc1ccccc1)C(=O)CN(c1cc(Cl)ccc1Cl)S(=O)(=O)c1ccccc1. The first kappa shape index (κ1) is 29.9. The molecule has 0 radical (unpaired) electrons. The van der Waals surface area contributed by atoms with Crippen LogP contribution >= 0.6 is 23.2 Å². The molecule has 1 aliphatic rings. The second-order valence-corrected chi connectivity index (χ2v) is 12.5. The Balaban J connectivity index is 1.72. The van der Waals surface area contributed by atoms with E-state index in [1.54, 1.807) is 24.3 Å². The molecule has 0 bridgehead atoms. The summed E-state index contributed by atoms with van der Waals surface area (Å²) in [6.45, 7) is 1.41. The van der Waals surface area contributed by atoms with E-state index in [4.69, 9.17) is 23.2 Å². The second kappa shape index (κ2) is 13.5. The largest absolute Gasteiger partial charge is 0.352 e. The maximum atomic E-state index is 14.1. The van der Waals surface area contributed by atoms with E-state index in [1.165, 1.54) is 29.2 Å². The highest BCUT2D eigenvalue weighted by molar-refractivity contribution is 7.92. The topological polar surface area (TPSA) is 86.8 Å². The van der Waals surface area contributed by atoms with Crippen molar-refractivity contribution in [3.8, 4) is 0 Å². The van der Waals surface area contributed by atoms with Crippen molar-refractivity contribution in [2.75, 3.05) is 10.8 Å². The van der Waals surface area contributed by atoms with Gasteiger partial charge >= 0.3 is 0 Å². The van der Waals surface area contributed by atoms with Crippen molar-refractivity contribution in [1.29, 1.82) is 0 Å². The molecule has 0 spiro atoms. The lowest BCUT2D eigenvalue weighted by atomic mass is 10.1. The summed E-state index contributed by atoms with van der Waals surface area (Å²) in [5.74, 6) is -0.773. The van der Waals surface area contributed by atoms with E-state index >= 15 is 0 Å². The van der Waals surface area contributed by atoms with Crippen LogP contribution in [0, 0.1) is 0 Å². The lowest BCUT2D eigenvalue weighted by molar-refractivity contribution is -0.140. The molecule has 3 aromatic carbocycles. The van der Waals surface area contributed by atoms with Gasteiger partial charge in [-0.25, -0.2) is 8.42 Å². The molecular formula is C30H33Cl2N3O4S. The van der Waals surface area contributed by atoms with Gasteiger partial charge in [-0.05, 0) is 55.2 Å². The van der Waals surface area contributed by atoms with E-state index in [0.29, 0.717) is 6.42 Å². The van der Waals surface area contributed by atoms with Crippen molar-refractivity contribution in [3.05, 3.63) is 94.5 Å².